The van der Waals surface area contributed by atoms with Gasteiger partial charge in [-0.05, 0) is 0 Å². The molecule has 0 aromatic heterocycles. The van der Waals surface area contributed by atoms with Crippen LogP contribution in [0.2, 0.25) is 0 Å². The maximum Gasteiger partial charge on any atom is 0 e. The van der Waals surface area contributed by atoms with Crippen molar-refractivity contribution in [1.82, 2.24) is 0 Å². The van der Waals surface area contributed by atoms with Crippen LogP contribution in [0.15, 0.2) is 0 Å². The van der Waals surface area contributed by atoms with E-state index in [-0.39, 0.29) is 103 Å². The normalized spacial score (nSPS) is 2.22. The van der Waals surface area contributed by atoms with Gasteiger partial charge in [0.05, 0.1) is 0 Å². The summed E-state index contributed by atoms with van der Waals surface area (Å²) in [5.74, 6) is 0. The standard InChI is InChI=1S/5Al.Ce.Mg.10O.Tb/q;;;;;+3;+2;;;;;;5*-1;. The first-order valence-corrected chi connectivity index (χ1v) is 7.07. The van der Waals surface area contributed by atoms with Crippen LogP contribution >= 0.6 is 0 Å². The first kappa shape index (κ1) is 49.5. The Morgan fingerprint density at radius 1 is 0.500 bits per heavy atom. The summed E-state index contributed by atoms with van der Waals surface area (Å²) in [6, 6.07) is 0. The van der Waals surface area contributed by atoms with Crippen LogP contribution in [0.4, 0.5) is 0 Å². The molecule has 18 heteroatoms. The Balaban J connectivity index is -0.0000000111. The third kappa shape index (κ3) is 438. The summed E-state index contributed by atoms with van der Waals surface area (Å²) in [6.07, 6.45) is 0. The average Bonchev–Trinajstić information content (AvgIpc) is 2.09. The zero-order valence-electron chi connectivity index (χ0n) is 8.51. The zero-order chi connectivity index (χ0) is 13.5. The molecule has 0 amide bonds. The van der Waals surface area contributed by atoms with Crippen molar-refractivity contribution in [2.75, 3.05) is 0 Å². The van der Waals surface area contributed by atoms with E-state index in [1.807, 2.05) is 0 Å². The Labute approximate surface area is 215 Å². The third-order valence-corrected chi connectivity index (χ3v) is 0. The van der Waals surface area contributed by atoms with Crippen molar-refractivity contribution in [2.45, 2.75) is 0 Å². The smallest absolute Gasteiger partial charge is 0 e. The molecular weight excluding hydrogens is 618 g/mol. The molecule has 0 bridgehead atoms. The predicted octanol–water partition coefficient (Wildman–Crippen LogP) is -8.82. The molecule has 0 aliphatic carbocycles. The summed E-state index contributed by atoms with van der Waals surface area (Å²) in [5.41, 5.74) is 0. The molecule has 0 unspecified atom stereocenters. The molecule has 0 fully saturated rings. The van der Waals surface area contributed by atoms with Gasteiger partial charge in [-0.15, -0.1) is 0 Å². The van der Waals surface area contributed by atoms with Crippen LogP contribution in [0.5, 0.6) is 0 Å². The van der Waals surface area contributed by atoms with Gasteiger partial charge in [-0.25, -0.2) is 0 Å². The first-order chi connectivity index (χ1) is 7.07. The minimum atomic E-state index is -1.75. The van der Waals surface area contributed by atoms with Crippen molar-refractivity contribution in [3.8, 4) is 0 Å². The second kappa shape index (κ2) is 103. The van der Waals surface area contributed by atoms with Crippen LogP contribution in [0.3, 0.4) is 0 Å². The molecule has 18 heavy (non-hydrogen) atoms. The molecule has 0 aromatic carbocycles. The quantitative estimate of drug-likeness (QED) is 0.235. The fourth-order valence-electron chi connectivity index (χ4n) is 0. The Kier molecular flexibility index (Phi) is 283. The topological polar surface area (TPSA) is 201 Å². The summed E-state index contributed by atoms with van der Waals surface area (Å²) < 4.78 is 84.6. The van der Waals surface area contributed by atoms with E-state index < -0.39 is 77.4 Å². The Morgan fingerprint density at radius 3 is 0.500 bits per heavy atom. The van der Waals surface area contributed by atoms with Gasteiger partial charge < -0.3 is 0 Å². The molecule has 0 N–H and O–H groups in total. The van der Waals surface area contributed by atoms with Gasteiger partial charge in [-0.1, -0.05) is 0 Å². The van der Waals surface area contributed by atoms with Crippen molar-refractivity contribution in [3.05, 3.63) is 0 Å². The second-order valence-corrected chi connectivity index (χ2v) is 1.44. The Hall–Kier alpha value is 4.09. The molecule has 0 saturated carbocycles. The van der Waals surface area contributed by atoms with E-state index in [1.165, 1.54) is 0 Å². The second-order valence-electron chi connectivity index (χ2n) is 0.481. The van der Waals surface area contributed by atoms with E-state index in [0.29, 0.717) is 0 Å². The summed E-state index contributed by atoms with van der Waals surface area (Å²) in [5, 5.41) is 0. The van der Waals surface area contributed by atoms with Crippen LogP contribution < -0.4 is 20.8 Å². The molecular formula is Al5CeMgO10Tb. The summed E-state index contributed by atoms with van der Waals surface area (Å²) in [7, 11) is 0. The summed E-state index contributed by atoms with van der Waals surface area (Å²) in [6.45, 7) is 0. The average molecular weight is 618 g/mol. The van der Waals surface area contributed by atoms with Crippen molar-refractivity contribution in [3.63, 3.8) is 0 Å². The molecule has 10 nitrogen and oxygen atoms in total. The van der Waals surface area contributed by atoms with Crippen LogP contribution in [0.25, 0.3) is 0 Å². The molecule has 0 atom stereocenters. The van der Waals surface area contributed by atoms with Crippen molar-refractivity contribution in [2.24, 2.45) is 0 Å². The molecule has 0 aromatic rings. The van der Waals surface area contributed by atoms with Crippen LogP contribution in [0, 0.1) is 80.4 Å². The van der Waals surface area contributed by atoms with E-state index in [4.69, 9.17) is 39.8 Å². The molecule has 0 spiro atoms. The minimum absolute atomic E-state index is 0. The van der Waals surface area contributed by atoms with Crippen LogP contribution in [-0.4, -0.2) is 100 Å². The maximum absolute atomic E-state index is 8.46. The largest absolute Gasteiger partial charge is 0 e. The summed E-state index contributed by atoms with van der Waals surface area (Å²) >= 11 is -8.75. The molecule has 0 heterocycles. The van der Waals surface area contributed by atoms with Gasteiger partial charge in [-0.2, -0.15) is 0 Å². The van der Waals surface area contributed by atoms with Crippen molar-refractivity contribution in [1.29, 1.82) is 0 Å². The van der Waals surface area contributed by atoms with E-state index in [2.05, 4.69) is 0 Å². The SMILES string of the molecule is [Ce+3].[Mg+2].[O]=[Al][O-].[O]=[Al][O-].[O]=[Al][O-].[O]=[Al][O-].[O]=[Al][O-].[Tb]. The zero-order valence-corrected chi connectivity index (χ0v) is 21.0. The molecule has 0 saturated heterocycles. The van der Waals surface area contributed by atoms with E-state index in [0.717, 1.165) is 0 Å². The third-order valence-electron chi connectivity index (χ3n) is 0. The van der Waals surface area contributed by atoms with Crippen LogP contribution in [-0.2, 0) is 19.0 Å². The van der Waals surface area contributed by atoms with Crippen molar-refractivity contribution < 1.29 is 120 Å². The Bertz CT molecular complexity index is 103. The number of hydrogen-bond donors (Lipinski definition) is 0. The molecule has 0 aliphatic rings. The van der Waals surface area contributed by atoms with Gasteiger partial charge in [0.2, 0.25) is 0 Å². The van der Waals surface area contributed by atoms with E-state index >= 15 is 0 Å². The fraction of sp³-hybridized carbons (Fsp3) is 0. The van der Waals surface area contributed by atoms with Gasteiger partial charge in [0.1, 0.15) is 0 Å². The van der Waals surface area contributed by atoms with Gasteiger partial charge in [0, 0.05) is 38.6 Å². The molecule has 90 valence electrons. The molecule has 0 aliphatic heterocycles. The number of rotatable bonds is 0. The van der Waals surface area contributed by atoms with Crippen molar-refractivity contribution >= 4 is 100 Å². The first-order valence-electron chi connectivity index (χ1n) is 2.36. The van der Waals surface area contributed by atoms with Gasteiger partial charge in [0.25, 0.3) is 0 Å². The minimum Gasteiger partial charge on any atom is 0 e. The predicted molar refractivity (Wildman–Crippen MR) is 38.0 cm³/mol. The number of hydrogen-bond acceptors (Lipinski definition) is 10. The Morgan fingerprint density at radius 2 is 0.500 bits per heavy atom. The van der Waals surface area contributed by atoms with Gasteiger partial charge in [0.15, 0.2) is 0 Å². The van der Waals surface area contributed by atoms with E-state index in [9.17, 15) is 0 Å². The molecule has 2 radical (unpaired) electrons. The maximum atomic E-state index is 8.46. The molecule has 0 rings (SSSR count). The van der Waals surface area contributed by atoms with Crippen LogP contribution in [0.1, 0.15) is 0 Å². The summed E-state index contributed by atoms with van der Waals surface area (Å²) in [4.78, 5) is 0. The van der Waals surface area contributed by atoms with Gasteiger partial charge >= 0.3 is 182 Å². The fourth-order valence-corrected chi connectivity index (χ4v) is 0. The van der Waals surface area contributed by atoms with Gasteiger partial charge in [-0.3, -0.25) is 0 Å². The van der Waals surface area contributed by atoms with E-state index in [1.54, 1.807) is 0 Å². The monoisotopic (exact) mass is 618 g/mol.